The average Bonchev–Trinajstić information content (AvgIpc) is 3.85. The summed E-state index contributed by atoms with van der Waals surface area (Å²) >= 11 is 3.69. The molecule has 0 aliphatic carbocycles. The standard InChI is InChI=1S/C52H32N2S2/c1-3-14-33(15-4-1)36-28-37(40-22-13-23-44-42-20-9-12-25-49(42)56-51(40)44)30-38(29-36)46-32-47(41-19-8-7-18-39(41)34-16-5-2-6-17-34)54-52(53-46)35-26-27-50-45(31-35)43-21-10-11-24-48(43)55-50/h1-32H. The van der Waals surface area contributed by atoms with Gasteiger partial charge in [-0.3, -0.25) is 0 Å². The van der Waals surface area contributed by atoms with Crippen LogP contribution in [0.15, 0.2) is 194 Å². The lowest BCUT2D eigenvalue weighted by atomic mass is 9.93. The van der Waals surface area contributed by atoms with Crippen molar-refractivity contribution in [3.63, 3.8) is 0 Å². The summed E-state index contributed by atoms with van der Waals surface area (Å²) in [4.78, 5) is 10.8. The van der Waals surface area contributed by atoms with Crippen molar-refractivity contribution in [2.45, 2.75) is 0 Å². The maximum Gasteiger partial charge on any atom is 0.160 e. The van der Waals surface area contributed by atoms with E-state index >= 15 is 0 Å². The van der Waals surface area contributed by atoms with E-state index in [1.54, 1.807) is 0 Å². The second kappa shape index (κ2) is 13.5. The zero-order valence-electron chi connectivity index (χ0n) is 30.2. The summed E-state index contributed by atoms with van der Waals surface area (Å²) in [5.41, 5.74) is 11.9. The Labute approximate surface area is 332 Å². The van der Waals surface area contributed by atoms with Gasteiger partial charge in [0.2, 0.25) is 0 Å². The van der Waals surface area contributed by atoms with E-state index in [1.807, 2.05) is 22.7 Å². The van der Waals surface area contributed by atoms with Crippen molar-refractivity contribution in [1.82, 2.24) is 9.97 Å². The Morgan fingerprint density at radius 1 is 0.286 bits per heavy atom. The summed E-state index contributed by atoms with van der Waals surface area (Å²) in [5, 5.41) is 5.07. The molecule has 0 spiro atoms. The number of hydrogen-bond donors (Lipinski definition) is 0. The molecule has 0 fully saturated rings. The number of fused-ring (bicyclic) bond motifs is 6. The van der Waals surface area contributed by atoms with Gasteiger partial charge >= 0.3 is 0 Å². The van der Waals surface area contributed by atoms with E-state index in [0.29, 0.717) is 5.82 Å². The molecule has 8 aromatic carbocycles. The van der Waals surface area contributed by atoms with E-state index in [9.17, 15) is 0 Å². The quantitative estimate of drug-likeness (QED) is 0.169. The van der Waals surface area contributed by atoms with Gasteiger partial charge in [-0.1, -0.05) is 140 Å². The topological polar surface area (TPSA) is 25.8 Å². The summed E-state index contributed by atoms with van der Waals surface area (Å²) in [6.07, 6.45) is 0. The molecule has 2 nitrogen and oxygen atoms in total. The monoisotopic (exact) mass is 748 g/mol. The Morgan fingerprint density at radius 3 is 1.66 bits per heavy atom. The van der Waals surface area contributed by atoms with Gasteiger partial charge in [-0.15, -0.1) is 22.7 Å². The van der Waals surface area contributed by atoms with E-state index in [1.165, 1.54) is 45.9 Å². The van der Waals surface area contributed by atoms with E-state index in [0.717, 1.165) is 55.9 Å². The second-order valence-corrected chi connectivity index (χ2v) is 16.3. The number of benzene rings is 8. The fourth-order valence-electron chi connectivity index (χ4n) is 8.01. The maximum atomic E-state index is 5.43. The first kappa shape index (κ1) is 32.7. The molecule has 56 heavy (non-hydrogen) atoms. The lowest BCUT2D eigenvalue weighted by Gasteiger charge is -2.15. The fourth-order valence-corrected chi connectivity index (χ4v) is 10.3. The van der Waals surface area contributed by atoms with E-state index in [4.69, 9.17) is 9.97 Å². The van der Waals surface area contributed by atoms with Crippen molar-refractivity contribution in [3.05, 3.63) is 194 Å². The Bertz CT molecular complexity index is 3250. The minimum absolute atomic E-state index is 0.704. The predicted octanol–water partition coefficient (Wildman–Crippen LogP) is 15.2. The number of aromatic nitrogens is 2. The summed E-state index contributed by atoms with van der Waals surface area (Å²) in [5.74, 6) is 0.704. The molecule has 0 N–H and O–H groups in total. The summed E-state index contributed by atoms with van der Waals surface area (Å²) in [6.45, 7) is 0. The highest BCUT2D eigenvalue weighted by atomic mass is 32.1. The minimum atomic E-state index is 0.704. The van der Waals surface area contributed by atoms with E-state index in [-0.39, 0.29) is 0 Å². The van der Waals surface area contributed by atoms with Crippen LogP contribution < -0.4 is 0 Å². The molecule has 3 heterocycles. The highest BCUT2D eigenvalue weighted by molar-refractivity contribution is 7.26. The van der Waals surface area contributed by atoms with Crippen LogP contribution in [0.4, 0.5) is 0 Å². The molecule has 0 atom stereocenters. The summed E-state index contributed by atoms with van der Waals surface area (Å²) in [6, 6.07) is 69.7. The van der Waals surface area contributed by atoms with Crippen molar-refractivity contribution in [3.8, 4) is 67.3 Å². The maximum absolute atomic E-state index is 5.43. The van der Waals surface area contributed by atoms with Gasteiger partial charge < -0.3 is 0 Å². The molecule has 3 aromatic heterocycles. The molecule has 4 heteroatoms. The Kier molecular flexibility index (Phi) is 7.90. The first-order valence-corrected chi connectivity index (χ1v) is 20.4. The summed E-state index contributed by atoms with van der Waals surface area (Å²) < 4.78 is 5.14. The first-order valence-electron chi connectivity index (χ1n) is 18.8. The lowest BCUT2D eigenvalue weighted by Crippen LogP contribution is -1.97. The number of hydrogen-bond acceptors (Lipinski definition) is 4. The van der Waals surface area contributed by atoms with Crippen LogP contribution in [0.1, 0.15) is 0 Å². The number of nitrogens with zero attached hydrogens (tertiary/aromatic N) is 2. The third-order valence-electron chi connectivity index (χ3n) is 10.7. The van der Waals surface area contributed by atoms with Gasteiger partial charge in [-0.25, -0.2) is 9.97 Å². The Morgan fingerprint density at radius 2 is 0.857 bits per heavy atom. The van der Waals surface area contributed by atoms with Gasteiger partial charge in [0.25, 0.3) is 0 Å². The van der Waals surface area contributed by atoms with Crippen LogP contribution in [0.25, 0.3) is 108 Å². The third kappa shape index (κ3) is 5.70. The van der Waals surface area contributed by atoms with Gasteiger partial charge in [-0.2, -0.15) is 0 Å². The zero-order chi connectivity index (χ0) is 37.0. The Balaban J connectivity index is 1.17. The predicted molar refractivity (Wildman–Crippen MR) is 240 cm³/mol. The van der Waals surface area contributed by atoms with Crippen molar-refractivity contribution in [2.75, 3.05) is 0 Å². The van der Waals surface area contributed by atoms with Gasteiger partial charge in [0.1, 0.15) is 0 Å². The van der Waals surface area contributed by atoms with Crippen LogP contribution in [0.3, 0.4) is 0 Å². The zero-order valence-corrected chi connectivity index (χ0v) is 31.8. The summed E-state index contributed by atoms with van der Waals surface area (Å²) in [7, 11) is 0. The van der Waals surface area contributed by atoms with Crippen LogP contribution in [-0.2, 0) is 0 Å². The molecular formula is C52H32N2S2. The van der Waals surface area contributed by atoms with E-state index < -0.39 is 0 Å². The molecule has 0 radical (unpaired) electrons. The lowest BCUT2D eigenvalue weighted by molar-refractivity contribution is 1.18. The van der Waals surface area contributed by atoms with Gasteiger partial charge in [0.15, 0.2) is 5.82 Å². The second-order valence-electron chi connectivity index (χ2n) is 14.1. The highest BCUT2D eigenvalue weighted by Gasteiger charge is 2.18. The molecule has 262 valence electrons. The van der Waals surface area contributed by atoms with E-state index in [2.05, 4.69) is 194 Å². The first-order chi connectivity index (χ1) is 27.7. The molecule has 0 amide bonds. The van der Waals surface area contributed by atoms with Crippen molar-refractivity contribution in [1.29, 1.82) is 0 Å². The van der Waals surface area contributed by atoms with Crippen LogP contribution in [0, 0.1) is 0 Å². The smallest absolute Gasteiger partial charge is 0.160 e. The van der Waals surface area contributed by atoms with Gasteiger partial charge in [0, 0.05) is 57.0 Å². The molecule has 0 saturated carbocycles. The molecule has 0 aliphatic rings. The van der Waals surface area contributed by atoms with Crippen LogP contribution in [0.2, 0.25) is 0 Å². The van der Waals surface area contributed by atoms with Gasteiger partial charge in [0.05, 0.1) is 11.4 Å². The molecule has 0 aliphatic heterocycles. The molecular weight excluding hydrogens is 717 g/mol. The largest absolute Gasteiger partial charge is 0.228 e. The highest BCUT2D eigenvalue weighted by Crippen LogP contribution is 2.43. The van der Waals surface area contributed by atoms with Crippen LogP contribution in [-0.4, -0.2) is 9.97 Å². The minimum Gasteiger partial charge on any atom is -0.228 e. The van der Waals surface area contributed by atoms with Crippen molar-refractivity contribution >= 4 is 63.0 Å². The molecule has 0 saturated heterocycles. The van der Waals surface area contributed by atoms with Crippen molar-refractivity contribution < 1.29 is 0 Å². The van der Waals surface area contributed by atoms with Crippen LogP contribution >= 0.6 is 22.7 Å². The third-order valence-corrected chi connectivity index (χ3v) is 13.1. The normalized spacial score (nSPS) is 11.6. The number of thiophene rings is 2. The fraction of sp³-hybridized carbons (Fsp3) is 0. The molecule has 11 aromatic rings. The molecule has 0 bridgehead atoms. The number of rotatable bonds is 6. The molecule has 11 rings (SSSR count). The van der Waals surface area contributed by atoms with Crippen LogP contribution in [0.5, 0.6) is 0 Å². The molecule has 0 unspecified atom stereocenters. The average molecular weight is 749 g/mol. The van der Waals surface area contributed by atoms with Gasteiger partial charge in [-0.05, 0) is 88.0 Å². The SMILES string of the molecule is c1ccc(-c2cc(-c3cc(-c4ccccc4-c4ccccc4)nc(-c4ccc5sc6ccccc6c5c4)n3)cc(-c3cccc4c3sc3ccccc34)c2)cc1. The Hall–Kier alpha value is -6.72. The van der Waals surface area contributed by atoms with Crippen molar-refractivity contribution in [2.24, 2.45) is 0 Å².